The molecule has 1 saturated heterocycles. The number of nitrogens with zero attached hydrogens (tertiary/aromatic N) is 2. The molecule has 0 bridgehead atoms. The van der Waals surface area contributed by atoms with Crippen molar-refractivity contribution in [1.82, 2.24) is 4.98 Å². The van der Waals surface area contributed by atoms with Gasteiger partial charge in [0.15, 0.2) is 0 Å². The molecule has 1 aliphatic heterocycles. The lowest BCUT2D eigenvalue weighted by atomic mass is 9.63. The van der Waals surface area contributed by atoms with Gasteiger partial charge in [-0.05, 0) is 43.2 Å². The molecule has 0 atom stereocenters. The van der Waals surface area contributed by atoms with Gasteiger partial charge < -0.3 is 10.6 Å². The molecule has 3 nitrogen and oxygen atoms in total. The molecule has 3 heteroatoms. The molecule has 1 saturated carbocycles. The second-order valence-electron chi connectivity index (χ2n) is 5.28. The number of hydrogen-bond donors (Lipinski definition) is 1. The number of piperidine rings is 1. The maximum Gasteiger partial charge on any atom is 0.123 e. The number of anilines is 2. The first-order valence-corrected chi connectivity index (χ1v) is 6.24. The largest absolute Gasteiger partial charge is 0.384 e. The normalized spacial score (nSPS) is 21.8. The van der Waals surface area contributed by atoms with Crippen molar-refractivity contribution in [2.45, 2.75) is 39.5 Å². The molecule has 3 rings (SSSR count). The first kappa shape index (κ1) is 12.2. The molecule has 0 aromatic carbocycles. The Labute approximate surface area is 104 Å². The quantitative estimate of drug-likeness (QED) is 0.810. The van der Waals surface area contributed by atoms with Crippen molar-refractivity contribution in [2.75, 3.05) is 23.7 Å². The molecule has 0 amide bonds. The minimum atomic E-state index is 0. The van der Waals surface area contributed by atoms with Gasteiger partial charge in [0.1, 0.15) is 5.82 Å². The highest BCUT2D eigenvalue weighted by molar-refractivity contribution is 5.48. The van der Waals surface area contributed by atoms with E-state index in [1.54, 1.807) is 0 Å². The summed E-state index contributed by atoms with van der Waals surface area (Å²) in [4.78, 5) is 6.60. The summed E-state index contributed by atoms with van der Waals surface area (Å²) in [6, 6.07) is 3.98. The summed E-state index contributed by atoms with van der Waals surface area (Å²) in [5.74, 6) is 0.608. The third-order valence-electron chi connectivity index (χ3n) is 4.37. The second-order valence-corrected chi connectivity index (χ2v) is 5.28. The summed E-state index contributed by atoms with van der Waals surface area (Å²) in [6.45, 7) is 2.37. The van der Waals surface area contributed by atoms with Gasteiger partial charge in [-0.2, -0.15) is 0 Å². The van der Waals surface area contributed by atoms with Gasteiger partial charge in [-0.15, -0.1) is 0 Å². The minimum absolute atomic E-state index is 0. The van der Waals surface area contributed by atoms with Gasteiger partial charge in [0.25, 0.3) is 0 Å². The van der Waals surface area contributed by atoms with Crippen LogP contribution in [0.15, 0.2) is 18.3 Å². The summed E-state index contributed by atoms with van der Waals surface area (Å²) in [5, 5.41) is 0. The predicted molar refractivity (Wildman–Crippen MR) is 73.1 cm³/mol. The van der Waals surface area contributed by atoms with Crippen LogP contribution in [0, 0.1) is 5.41 Å². The Kier molecular flexibility index (Phi) is 3.27. The van der Waals surface area contributed by atoms with Crippen LogP contribution in [0.25, 0.3) is 0 Å². The van der Waals surface area contributed by atoms with Crippen LogP contribution in [0.3, 0.4) is 0 Å². The molecule has 0 unspecified atom stereocenters. The first-order chi connectivity index (χ1) is 7.77. The summed E-state index contributed by atoms with van der Waals surface area (Å²) in [7, 11) is 0. The summed E-state index contributed by atoms with van der Waals surface area (Å²) in [5.41, 5.74) is 7.55. The van der Waals surface area contributed by atoms with Gasteiger partial charge >= 0.3 is 0 Å². The van der Waals surface area contributed by atoms with E-state index >= 15 is 0 Å². The molecule has 2 heterocycles. The van der Waals surface area contributed by atoms with E-state index in [1.807, 2.05) is 12.3 Å². The van der Waals surface area contributed by atoms with E-state index in [0.29, 0.717) is 5.82 Å². The van der Waals surface area contributed by atoms with Crippen LogP contribution < -0.4 is 10.6 Å². The van der Waals surface area contributed by atoms with E-state index in [4.69, 9.17) is 5.73 Å². The van der Waals surface area contributed by atoms with Crippen molar-refractivity contribution in [3.63, 3.8) is 0 Å². The van der Waals surface area contributed by atoms with Crippen molar-refractivity contribution in [3.8, 4) is 0 Å². The Morgan fingerprint density at radius 2 is 1.82 bits per heavy atom. The van der Waals surface area contributed by atoms with Crippen LogP contribution in [-0.4, -0.2) is 18.1 Å². The maximum absolute atomic E-state index is 5.60. The maximum atomic E-state index is 5.60. The number of pyridine rings is 1. The fourth-order valence-electron chi connectivity index (χ4n) is 3.00. The SMILES string of the molecule is C.Nc1ccc(N2CCC3(CCC3)CC2)cn1. The molecular weight excluding hydrogens is 210 g/mol. The van der Waals surface area contributed by atoms with E-state index < -0.39 is 0 Å². The van der Waals surface area contributed by atoms with Gasteiger partial charge in [0, 0.05) is 13.1 Å². The van der Waals surface area contributed by atoms with Crippen LogP contribution >= 0.6 is 0 Å². The fraction of sp³-hybridized carbons (Fsp3) is 0.643. The number of rotatable bonds is 1. The van der Waals surface area contributed by atoms with Gasteiger partial charge in [-0.1, -0.05) is 13.8 Å². The van der Waals surface area contributed by atoms with E-state index in [9.17, 15) is 0 Å². The van der Waals surface area contributed by atoms with Crippen LogP contribution in [0.5, 0.6) is 0 Å². The highest BCUT2D eigenvalue weighted by Gasteiger charge is 2.39. The molecule has 2 aliphatic rings. The Bertz CT molecular complexity index is 358. The van der Waals surface area contributed by atoms with Crippen LogP contribution in [0.1, 0.15) is 39.5 Å². The second kappa shape index (κ2) is 4.55. The van der Waals surface area contributed by atoms with E-state index in [2.05, 4.69) is 16.0 Å². The van der Waals surface area contributed by atoms with Crippen LogP contribution in [0.4, 0.5) is 11.5 Å². The molecule has 2 N–H and O–H groups in total. The van der Waals surface area contributed by atoms with Gasteiger partial charge in [-0.3, -0.25) is 0 Å². The highest BCUT2D eigenvalue weighted by Crippen LogP contribution is 2.49. The topological polar surface area (TPSA) is 42.1 Å². The Hall–Kier alpha value is -1.25. The Morgan fingerprint density at radius 3 is 2.29 bits per heavy atom. The lowest BCUT2D eigenvalue weighted by molar-refractivity contribution is 0.0955. The van der Waals surface area contributed by atoms with Crippen molar-refractivity contribution in [1.29, 1.82) is 0 Å². The number of aromatic nitrogens is 1. The van der Waals surface area contributed by atoms with Gasteiger partial charge in [-0.25, -0.2) is 4.98 Å². The predicted octanol–water partition coefficient (Wildman–Crippen LogP) is 3.07. The standard InChI is InChI=1S/C13H19N3.CH4/c14-12-3-2-11(10-15-12)16-8-6-13(7-9-16)4-1-5-13;/h2-3,10H,1,4-9H2,(H2,14,15);1H4. The smallest absolute Gasteiger partial charge is 0.123 e. The molecule has 17 heavy (non-hydrogen) atoms. The van der Waals surface area contributed by atoms with Crippen molar-refractivity contribution >= 4 is 11.5 Å². The lowest BCUT2D eigenvalue weighted by Crippen LogP contribution is -2.43. The average Bonchev–Trinajstić information content (AvgIpc) is 2.28. The summed E-state index contributed by atoms with van der Waals surface area (Å²) >= 11 is 0. The van der Waals surface area contributed by atoms with Crippen molar-refractivity contribution < 1.29 is 0 Å². The molecule has 1 aromatic heterocycles. The van der Waals surface area contributed by atoms with Crippen molar-refractivity contribution in [2.24, 2.45) is 5.41 Å². The van der Waals surface area contributed by atoms with E-state index in [0.717, 1.165) is 5.41 Å². The van der Waals surface area contributed by atoms with Gasteiger partial charge in [0.2, 0.25) is 0 Å². The molecule has 0 radical (unpaired) electrons. The molecule has 1 aliphatic carbocycles. The molecule has 94 valence electrons. The van der Waals surface area contributed by atoms with E-state index in [-0.39, 0.29) is 7.43 Å². The van der Waals surface area contributed by atoms with Gasteiger partial charge in [0.05, 0.1) is 11.9 Å². The first-order valence-electron chi connectivity index (χ1n) is 6.24. The minimum Gasteiger partial charge on any atom is -0.384 e. The van der Waals surface area contributed by atoms with Crippen LogP contribution in [-0.2, 0) is 0 Å². The number of nitrogens with two attached hydrogens (primary N) is 1. The van der Waals surface area contributed by atoms with Crippen LogP contribution in [0.2, 0.25) is 0 Å². The summed E-state index contributed by atoms with van der Waals surface area (Å²) in [6.07, 6.45) is 8.98. The zero-order valence-electron chi connectivity index (χ0n) is 9.65. The summed E-state index contributed by atoms with van der Waals surface area (Å²) < 4.78 is 0. The number of hydrogen-bond acceptors (Lipinski definition) is 3. The number of nitrogen functional groups attached to an aromatic ring is 1. The monoisotopic (exact) mass is 233 g/mol. The lowest BCUT2D eigenvalue weighted by Gasteiger charge is -2.48. The molecular formula is C14H23N3. The molecule has 1 spiro atoms. The Balaban J connectivity index is 0.00000108. The Morgan fingerprint density at radius 1 is 1.12 bits per heavy atom. The third-order valence-corrected chi connectivity index (χ3v) is 4.37. The van der Waals surface area contributed by atoms with E-state index in [1.165, 1.54) is 50.9 Å². The third kappa shape index (κ3) is 2.24. The zero-order valence-corrected chi connectivity index (χ0v) is 9.65. The average molecular weight is 233 g/mol. The zero-order chi connectivity index (χ0) is 11.0. The highest BCUT2D eigenvalue weighted by atomic mass is 15.1. The molecule has 2 fully saturated rings. The van der Waals surface area contributed by atoms with Crippen molar-refractivity contribution in [3.05, 3.63) is 18.3 Å². The molecule has 1 aromatic rings. The fourth-order valence-corrected chi connectivity index (χ4v) is 3.00.